The molecule has 2 fully saturated rings. The lowest BCUT2D eigenvalue weighted by Gasteiger charge is -2.10. The third-order valence-electron chi connectivity index (χ3n) is 2.71. The summed E-state index contributed by atoms with van der Waals surface area (Å²) in [6.07, 6.45) is 5.15. The summed E-state index contributed by atoms with van der Waals surface area (Å²) in [6.45, 7) is 2.25. The van der Waals surface area contributed by atoms with Crippen LogP contribution in [0.1, 0.15) is 25.7 Å². The van der Waals surface area contributed by atoms with Gasteiger partial charge in [-0.25, -0.2) is 0 Å². The van der Waals surface area contributed by atoms with Crippen molar-refractivity contribution in [2.45, 2.75) is 31.7 Å². The summed E-state index contributed by atoms with van der Waals surface area (Å²) in [6, 6.07) is 0.675. The summed E-state index contributed by atoms with van der Waals surface area (Å²) in [7, 11) is 0. The van der Waals surface area contributed by atoms with Crippen LogP contribution in [0, 0.1) is 0 Å². The highest BCUT2D eigenvalue weighted by atomic mass is 32.1. The zero-order valence-electron chi connectivity index (χ0n) is 8.07. The van der Waals surface area contributed by atoms with E-state index in [1.165, 1.54) is 37.2 Å². The predicted octanol–water partition coefficient (Wildman–Crippen LogP) is 1.71. The molecule has 0 radical (unpaired) electrons. The molecule has 2 aliphatic rings. The molecule has 0 amide bonds. The van der Waals surface area contributed by atoms with Gasteiger partial charge in [0.2, 0.25) is 11.1 Å². The molecule has 1 aromatic heterocycles. The van der Waals surface area contributed by atoms with Crippen molar-refractivity contribution < 1.29 is 0 Å². The molecule has 0 unspecified atom stereocenters. The summed E-state index contributed by atoms with van der Waals surface area (Å²) in [5.74, 6) is 0.927. The predicted molar refractivity (Wildman–Crippen MR) is 58.0 cm³/mol. The average Bonchev–Trinajstić information content (AvgIpc) is 2.71. The van der Waals surface area contributed by atoms with Gasteiger partial charge in [0.1, 0.15) is 0 Å². The Kier molecular flexibility index (Phi) is 2.05. The first-order valence-corrected chi connectivity index (χ1v) is 6.04. The summed E-state index contributed by atoms with van der Waals surface area (Å²) in [4.78, 5) is 6.77. The van der Waals surface area contributed by atoms with Crippen LogP contribution < -0.4 is 10.2 Å². The van der Waals surface area contributed by atoms with E-state index >= 15 is 0 Å². The lowest BCUT2D eigenvalue weighted by atomic mass is 10.4. The maximum Gasteiger partial charge on any atom is 0.239 e. The van der Waals surface area contributed by atoms with Crippen LogP contribution in [-0.2, 0) is 0 Å². The molecule has 5 heteroatoms. The lowest BCUT2D eigenvalue weighted by molar-refractivity contribution is 0.921. The topological polar surface area (TPSA) is 41.1 Å². The largest absolute Gasteiger partial charge is 0.358 e. The Bertz CT molecular complexity index is 314. The minimum absolute atomic E-state index is 0.675. The number of anilines is 2. The molecule has 0 spiro atoms. The van der Waals surface area contributed by atoms with Gasteiger partial charge >= 0.3 is 0 Å². The van der Waals surface area contributed by atoms with E-state index in [2.05, 4.69) is 19.6 Å². The molecule has 76 valence electrons. The van der Waals surface area contributed by atoms with Gasteiger partial charge in [0.15, 0.2) is 0 Å². The van der Waals surface area contributed by atoms with Gasteiger partial charge in [0.25, 0.3) is 0 Å². The molecule has 0 aromatic carbocycles. The van der Waals surface area contributed by atoms with E-state index in [4.69, 9.17) is 0 Å². The first kappa shape index (κ1) is 8.47. The lowest BCUT2D eigenvalue weighted by Crippen LogP contribution is -2.18. The van der Waals surface area contributed by atoms with E-state index in [1.807, 2.05) is 0 Å². The monoisotopic (exact) mass is 210 g/mol. The quantitative estimate of drug-likeness (QED) is 0.824. The molecule has 0 atom stereocenters. The second-order valence-electron chi connectivity index (χ2n) is 4.01. The van der Waals surface area contributed by atoms with E-state index in [0.717, 1.165) is 24.2 Å². The molecule has 1 aliphatic heterocycles. The highest BCUT2D eigenvalue weighted by Crippen LogP contribution is 2.27. The number of hydrogen-bond acceptors (Lipinski definition) is 5. The standard InChI is InChI=1S/C9H14N4S/c1-2-6-13(5-1)8-11-9(14-12-8)10-7-3-4-7/h7H,1-6H2,(H,10,11,12). The van der Waals surface area contributed by atoms with Crippen LogP contribution in [0.5, 0.6) is 0 Å². The van der Waals surface area contributed by atoms with Crippen molar-refractivity contribution in [3.05, 3.63) is 0 Å². The summed E-state index contributed by atoms with van der Waals surface area (Å²) >= 11 is 1.49. The zero-order chi connectivity index (χ0) is 9.38. The maximum absolute atomic E-state index is 4.49. The molecular formula is C9H14N4S. The number of nitrogens with zero attached hydrogens (tertiary/aromatic N) is 3. The molecule has 4 nitrogen and oxygen atoms in total. The van der Waals surface area contributed by atoms with Crippen LogP contribution in [0.3, 0.4) is 0 Å². The van der Waals surface area contributed by atoms with Gasteiger partial charge in [0.05, 0.1) is 0 Å². The van der Waals surface area contributed by atoms with E-state index in [0.29, 0.717) is 6.04 Å². The Morgan fingerprint density at radius 2 is 2.07 bits per heavy atom. The molecule has 1 saturated heterocycles. The normalized spacial score (nSPS) is 21.6. The van der Waals surface area contributed by atoms with Crippen LogP contribution in [0.2, 0.25) is 0 Å². The van der Waals surface area contributed by atoms with Gasteiger partial charge in [-0.15, -0.1) is 0 Å². The van der Waals surface area contributed by atoms with Crippen LogP contribution >= 0.6 is 11.5 Å². The van der Waals surface area contributed by atoms with E-state index < -0.39 is 0 Å². The zero-order valence-corrected chi connectivity index (χ0v) is 8.89. The van der Waals surface area contributed by atoms with Gasteiger partial charge in [-0.1, -0.05) is 0 Å². The van der Waals surface area contributed by atoms with Crippen molar-refractivity contribution in [3.8, 4) is 0 Å². The molecule has 1 aromatic rings. The van der Waals surface area contributed by atoms with Crippen molar-refractivity contribution in [1.82, 2.24) is 9.36 Å². The van der Waals surface area contributed by atoms with Crippen molar-refractivity contribution in [2.75, 3.05) is 23.3 Å². The van der Waals surface area contributed by atoms with E-state index in [9.17, 15) is 0 Å². The molecule has 1 N–H and O–H groups in total. The van der Waals surface area contributed by atoms with Gasteiger partial charge in [0, 0.05) is 30.7 Å². The minimum atomic E-state index is 0.675. The Morgan fingerprint density at radius 3 is 2.79 bits per heavy atom. The first-order chi connectivity index (χ1) is 6.92. The van der Waals surface area contributed by atoms with Crippen molar-refractivity contribution in [2.24, 2.45) is 0 Å². The highest BCUT2D eigenvalue weighted by Gasteiger charge is 2.23. The number of hydrogen-bond donors (Lipinski definition) is 1. The summed E-state index contributed by atoms with van der Waals surface area (Å²) in [5, 5.41) is 4.37. The second kappa shape index (κ2) is 3.38. The Morgan fingerprint density at radius 1 is 1.29 bits per heavy atom. The van der Waals surface area contributed by atoms with Crippen LogP contribution in [0.15, 0.2) is 0 Å². The average molecular weight is 210 g/mol. The molecule has 1 aliphatic carbocycles. The fourth-order valence-corrected chi connectivity index (χ4v) is 2.39. The third kappa shape index (κ3) is 1.68. The van der Waals surface area contributed by atoms with Gasteiger partial charge in [-0.2, -0.15) is 9.36 Å². The highest BCUT2D eigenvalue weighted by molar-refractivity contribution is 7.09. The number of nitrogens with one attached hydrogen (secondary N) is 1. The van der Waals surface area contributed by atoms with Crippen molar-refractivity contribution >= 4 is 22.6 Å². The SMILES string of the molecule is C1CCN(c2nsc(NC3CC3)n2)C1. The Labute approximate surface area is 87.5 Å². The fraction of sp³-hybridized carbons (Fsp3) is 0.778. The molecular weight excluding hydrogens is 196 g/mol. The smallest absolute Gasteiger partial charge is 0.239 e. The Hall–Kier alpha value is -0.840. The van der Waals surface area contributed by atoms with Crippen LogP contribution in [0.25, 0.3) is 0 Å². The third-order valence-corrected chi connectivity index (χ3v) is 3.35. The molecule has 1 saturated carbocycles. The maximum atomic E-state index is 4.49. The summed E-state index contributed by atoms with van der Waals surface area (Å²) in [5.41, 5.74) is 0. The molecule has 3 rings (SSSR count). The van der Waals surface area contributed by atoms with Crippen LogP contribution in [-0.4, -0.2) is 28.5 Å². The van der Waals surface area contributed by atoms with E-state index in [-0.39, 0.29) is 0 Å². The molecule has 14 heavy (non-hydrogen) atoms. The Balaban J connectivity index is 1.68. The molecule has 0 bridgehead atoms. The minimum Gasteiger partial charge on any atom is -0.358 e. The summed E-state index contributed by atoms with van der Waals surface area (Å²) < 4.78 is 4.37. The first-order valence-electron chi connectivity index (χ1n) is 5.27. The second-order valence-corrected chi connectivity index (χ2v) is 4.76. The van der Waals surface area contributed by atoms with Crippen LogP contribution in [0.4, 0.5) is 11.1 Å². The molecule has 2 heterocycles. The van der Waals surface area contributed by atoms with Gasteiger partial charge in [-0.3, -0.25) is 0 Å². The number of aromatic nitrogens is 2. The fourth-order valence-electron chi connectivity index (χ4n) is 1.72. The van der Waals surface area contributed by atoms with Crippen molar-refractivity contribution in [1.29, 1.82) is 0 Å². The number of rotatable bonds is 3. The van der Waals surface area contributed by atoms with Gasteiger partial charge in [-0.05, 0) is 25.7 Å². The van der Waals surface area contributed by atoms with Gasteiger partial charge < -0.3 is 10.2 Å². The van der Waals surface area contributed by atoms with E-state index in [1.54, 1.807) is 0 Å². The van der Waals surface area contributed by atoms with Crippen molar-refractivity contribution in [3.63, 3.8) is 0 Å².